The highest BCUT2D eigenvalue weighted by atomic mass is 31.2. The van der Waals surface area contributed by atoms with Crippen LogP contribution in [-0.4, -0.2) is 96.7 Å². The SMILES string of the molecule is CCCCCCCCCCCCCCCCCC(=O)O[C@H](COC(=O)CCCCCCCCCCC(C)CC)COP(=O)(O)OC[C@@H](O)COP(=O)(O)OC[C@@H](COC(=O)CCCCCCCCC(C)C)OC(=O)CCCCCCCCCCC(C)C. The van der Waals surface area contributed by atoms with Crippen molar-refractivity contribution in [2.45, 2.75) is 356 Å². The van der Waals surface area contributed by atoms with Gasteiger partial charge in [-0.1, -0.05) is 286 Å². The molecule has 0 rings (SSSR count). The van der Waals surface area contributed by atoms with Gasteiger partial charge in [-0.05, 0) is 43.4 Å². The Labute approximate surface area is 530 Å². The number of unbranched alkanes of at least 4 members (excludes halogenated alkanes) is 33. The first-order valence-electron chi connectivity index (χ1n) is 35.4. The van der Waals surface area contributed by atoms with Crippen LogP contribution in [0.15, 0.2) is 0 Å². The molecule has 0 fully saturated rings. The first kappa shape index (κ1) is 85.1. The van der Waals surface area contributed by atoms with Crippen molar-refractivity contribution in [1.82, 2.24) is 0 Å². The highest BCUT2D eigenvalue weighted by molar-refractivity contribution is 7.47. The normalized spacial score (nSPS) is 14.6. The van der Waals surface area contributed by atoms with Gasteiger partial charge >= 0.3 is 39.5 Å². The summed E-state index contributed by atoms with van der Waals surface area (Å²) in [4.78, 5) is 72.4. The molecule has 0 saturated heterocycles. The van der Waals surface area contributed by atoms with E-state index in [1.54, 1.807) is 0 Å². The van der Waals surface area contributed by atoms with Gasteiger partial charge in [-0.2, -0.15) is 0 Å². The molecule has 17 nitrogen and oxygen atoms in total. The number of phosphoric ester groups is 2. The van der Waals surface area contributed by atoms with Crippen LogP contribution in [0, 0.1) is 17.8 Å². The van der Waals surface area contributed by atoms with E-state index < -0.39 is 97.5 Å². The molecule has 87 heavy (non-hydrogen) atoms. The van der Waals surface area contributed by atoms with Crippen LogP contribution in [0.4, 0.5) is 0 Å². The van der Waals surface area contributed by atoms with E-state index >= 15 is 0 Å². The Balaban J connectivity index is 5.25. The lowest BCUT2D eigenvalue weighted by Gasteiger charge is -2.21. The molecule has 0 amide bonds. The Kier molecular flexibility index (Phi) is 57.8. The third kappa shape index (κ3) is 61.3. The molecule has 0 aromatic rings. The summed E-state index contributed by atoms with van der Waals surface area (Å²) in [6.07, 6.45) is 41.8. The van der Waals surface area contributed by atoms with Crippen molar-refractivity contribution >= 4 is 39.5 Å². The molecule has 516 valence electrons. The number of carbonyl (C=O) groups is 4. The number of aliphatic hydroxyl groups is 1. The molecule has 0 aromatic carbocycles. The molecular weight excluding hydrogens is 1150 g/mol. The maximum absolute atomic E-state index is 13.0. The van der Waals surface area contributed by atoms with Crippen LogP contribution in [0.1, 0.15) is 337 Å². The van der Waals surface area contributed by atoms with E-state index in [-0.39, 0.29) is 25.7 Å². The lowest BCUT2D eigenvalue weighted by molar-refractivity contribution is -0.161. The zero-order valence-corrected chi connectivity index (χ0v) is 58.3. The van der Waals surface area contributed by atoms with Crippen molar-refractivity contribution in [3.05, 3.63) is 0 Å². The first-order valence-corrected chi connectivity index (χ1v) is 38.4. The van der Waals surface area contributed by atoms with Gasteiger partial charge in [-0.25, -0.2) is 9.13 Å². The number of carbonyl (C=O) groups excluding carboxylic acids is 4. The van der Waals surface area contributed by atoms with Gasteiger partial charge in [0.25, 0.3) is 0 Å². The summed E-state index contributed by atoms with van der Waals surface area (Å²) in [5.74, 6) is 0.0432. The summed E-state index contributed by atoms with van der Waals surface area (Å²) in [6, 6.07) is 0. The fraction of sp³-hybridized carbons (Fsp3) is 0.941. The molecule has 3 N–H and O–H groups in total. The Morgan fingerprint density at radius 2 is 0.586 bits per heavy atom. The number of esters is 4. The minimum atomic E-state index is -4.95. The summed E-state index contributed by atoms with van der Waals surface area (Å²) in [5, 5.41) is 10.6. The summed E-state index contributed by atoms with van der Waals surface area (Å²) in [5.41, 5.74) is 0. The van der Waals surface area contributed by atoms with E-state index in [0.717, 1.165) is 108 Å². The number of rotatable bonds is 66. The number of hydrogen-bond donors (Lipinski definition) is 3. The predicted molar refractivity (Wildman–Crippen MR) is 349 cm³/mol. The van der Waals surface area contributed by atoms with Crippen molar-refractivity contribution in [3.8, 4) is 0 Å². The molecule has 0 aliphatic heterocycles. The van der Waals surface area contributed by atoms with Crippen LogP contribution in [0.25, 0.3) is 0 Å². The molecule has 0 aliphatic carbocycles. The maximum atomic E-state index is 13.0. The fourth-order valence-electron chi connectivity index (χ4n) is 10.2. The molecule has 0 aliphatic rings. The van der Waals surface area contributed by atoms with E-state index in [1.165, 1.54) is 141 Å². The second kappa shape index (κ2) is 59.1. The van der Waals surface area contributed by atoms with Crippen LogP contribution in [0.5, 0.6) is 0 Å². The van der Waals surface area contributed by atoms with Gasteiger partial charge in [0, 0.05) is 25.7 Å². The summed E-state index contributed by atoms with van der Waals surface area (Å²) in [7, 11) is -9.90. The summed E-state index contributed by atoms with van der Waals surface area (Å²) < 4.78 is 68.2. The van der Waals surface area contributed by atoms with E-state index in [2.05, 4.69) is 48.5 Å². The van der Waals surface area contributed by atoms with Crippen LogP contribution in [0.2, 0.25) is 0 Å². The molecule has 0 radical (unpaired) electrons. The Morgan fingerprint density at radius 3 is 0.874 bits per heavy atom. The van der Waals surface area contributed by atoms with E-state index in [1.807, 2.05) is 0 Å². The zero-order valence-electron chi connectivity index (χ0n) is 56.5. The Morgan fingerprint density at radius 1 is 0.333 bits per heavy atom. The third-order valence-electron chi connectivity index (χ3n) is 16.0. The molecule has 0 bridgehead atoms. The molecule has 0 spiro atoms. The van der Waals surface area contributed by atoms with Gasteiger partial charge in [0.05, 0.1) is 26.4 Å². The van der Waals surface area contributed by atoms with Gasteiger partial charge in [-0.15, -0.1) is 0 Å². The van der Waals surface area contributed by atoms with Crippen LogP contribution < -0.4 is 0 Å². The van der Waals surface area contributed by atoms with Crippen LogP contribution in [-0.2, 0) is 65.4 Å². The standard InChI is InChI=1S/C68H132O17P2/c1-8-10-11-12-13-14-15-16-17-18-19-20-28-37-44-51-67(72)84-63(55-78-65(70)49-42-35-27-24-22-26-34-41-48-61(7)9-2)57-82-86(74,75)80-53-62(69)54-81-87(76,77)83-58-64(56-79-66(71)50-43-36-31-30-33-40-47-60(5)6)85-68(73)52-45-38-29-23-21-25-32-39-46-59(3)4/h59-64,69H,8-58H2,1-7H3,(H,74,75)(H,76,77)/t61?,62-,63-,64-/m1/s1. The highest BCUT2D eigenvalue weighted by Gasteiger charge is 2.30. The van der Waals surface area contributed by atoms with Crippen LogP contribution >= 0.6 is 15.6 Å². The first-order chi connectivity index (χ1) is 41.8. The minimum absolute atomic E-state index is 0.103. The molecular formula is C68H132O17P2. The maximum Gasteiger partial charge on any atom is 0.472 e. The zero-order chi connectivity index (χ0) is 64.5. The molecule has 19 heteroatoms. The average molecular weight is 1280 g/mol. The van der Waals surface area contributed by atoms with Crippen molar-refractivity contribution in [2.24, 2.45) is 17.8 Å². The van der Waals surface area contributed by atoms with Gasteiger partial charge in [0.2, 0.25) is 0 Å². The van der Waals surface area contributed by atoms with Crippen LogP contribution in [0.3, 0.4) is 0 Å². The summed E-state index contributed by atoms with van der Waals surface area (Å²) >= 11 is 0. The smallest absolute Gasteiger partial charge is 0.462 e. The number of aliphatic hydroxyl groups excluding tert-OH is 1. The van der Waals surface area contributed by atoms with Crippen molar-refractivity contribution in [1.29, 1.82) is 0 Å². The fourth-order valence-corrected chi connectivity index (χ4v) is 11.7. The second-order valence-corrected chi connectivity index (χ2v) is 28.7. The quantitative estimate of drug-likeness (QED) is 0.0222. The lowest BCUT2D eigenvalue weighted by atomic mass is 9.99. The molecule has 0 saturated carbocycles. The molecule has 0 heterocycles. The topological polar surface area (TPSA) is 237 Å². The number of ether oxygens (including phenoxy) is 4. The Hall–Kier alpha value is -1.94. The number of phosphoric acid groups is 2. The van der Waals surface area contributed by atoms with E-state index in [0.29, 0.717) is 31.6 Å². The van der Waals surface area contributed by atoms with Gasteiger partial charge in [-0.3, -0.25) is 37.3 Å². The van der Waals surface area contributed by atoms with E-state index in [9.17, 15) is 43.2 Å². The van der Waals surface area contributed by atoms with Gasteiger partial charge < -0.3 is 33.8 Å². The van der Waals surface area contributed by atoms with Crippen molar-refractivity contribution in [3.63, 3.8) is 0 Å². The van der Waals surface area contributed by atoms with Crippen molar-refractivity contribution in [2.75, 3.05) is 39.6 Å². The molecule has 0 aromatic heterocycles. The largest absolute Gasteiger partial charge is 0.472 e. The van der Waals surface area contributed by atoms with Gasteiger partial charge in [0.15, 0.2) is 12.2 Å². The molecule has 3 unspecified atom stereocenters. The summed E-state index contributed by atoms with van der Waals surface area (Å²) in [6.45, 7) is 11.7. The Bertz CT molecular complexity index is 1720. The van der Waals surface area contributed by atoms with Crippen molar-refractivity contribution < 1.29 is 80.2 Å². The van der Waals surface area contributed by atoms with Gasteiger partial charge in [0.1, 0.15) is 19.3 Å². The predicted octanol–water partition coefficient (Wildman–Crippen LogP) is 19.1. The monoisotopic (exact) mass is 1280 g/mol. The molecule has 6 atom stereocenters. The number of hydrogen-bond acceptors (Lipinski definition) is 15. The van der Waals surface area contributed by atoms with E-state index in [4.69, 9.17) is 37.0 Å². The third-order valence-corrected chi connectivity index (χ3v) is 17.9. The minimum Gasteiger partial charge on any atom is -0.462 e. The lowest BCUT2D eigenvalue weighted by Crippen LogP contribution is -2.30. The average Bonchev–Trinajstić information content (AvgIpc) is 3.66. The second-order valence-electron chi connectivity index (χ2n) is 25.8. The highest BCUT2D eigenvalue weighted by Crippen LogP contribution is 2.45.